The molecule has 5 nitrogen and oxygen atoms in total. The Morgan fingerprint density at radius 3 is 2.53 bits per heavy atom. The molecule has 76 valence electrons. The van der Waals surface area contributed by atoms with Crippen LogP contribution in [-0.4, -0.2) is 25.0 Å². The molecule has 0 fully saturated rings. The van der Waals surface area contributed by atoms with Gasteiger partial charge in [-0.15, -0.1) is 0 Å². The fraction of sp³-hybridized carbons (Fsp3) is 0.200. The smallest absolute Gasteiger partial charge is 0.198 e. The second kappa shape index (κ2) is 4.10. The van der Waals surface area contributed by atoms with E-state index in [0.29, 0.717) is 17.3 Å². The van der Waals surface area contributed by atoms with Crippen LogP contribution in [0.2, 0.25) is 0 Å². The fourth-order valence-corrected chi connectivity index (χ4v) is 1.10. The van der Waals surface area contributed by atoms with Crippen molar-refractivity contribution in [1.82, 2.24) is 19.9 Å². The first kappa shape index (κ1) is 9.67. The van der Waals surface area contributed by atoms with Gasteiger partial charge in [0.25, 0.3) is 0 Å². The lowest BCUT2D eigenvalue weighted by Gasteiger charge is -2.00. The highest BCUT2D eigenvalue weighted by atomic mass is 16.3. The van der Waals surface area contributed by atoms with Gasteiger partial charge in [-0.05, 0) is 18.6 Å². The minimum atomic E-state index is -0.110. The summed E-state index contributed by atoms with van der Waals surface area (Å²) in [5.41, 5.74) is 1.54. The van der Waals surface area contributed by atoms with Crippen LogP contribution < -0.4 is 0 Å². The molecule has 0 aliphatic carbocycles. The van der Waals surface area contributed by atoms with Crippen molar-refractivity contribution < 1.29 is 5.11 Å². The van der Waals surface area contributed by atoms with Crippen molar-refractivity contribution in [3.05, 3.63) is 35.9 Å². The third-order valence-electron chi connectivity index (χ3n) is 1.86. The fourth-order valence-electron chi connectivity index (χ4n) is 1.10. The Morgan fingerprint density at radius 1 is 1.13 bits per heavy atom. The molecule has 2 heterocycles. The maximum atomic E-state index is 8.92. The van der Waals surface area contributed by atoms with Gasteiger partial charge in [0.05, 0.1) is 12.3 Å². The van der Waals surface area contributed by atoms with E-state index in [2.05, 4.69) is 19.9 Å². The summed E-state index contributed by atoms with van der Waals surface area (Å²) in [5, 5.41) is 8.92. The first-order valence-corrected chi connectivity index (χ1v) is 4.51. The normalized spacial score (nSPS) is 10.3. The summed E-state index contributed by atoms with van der Waals surface area (Å²) < 4.78 is 0. The molecule has 5 heteroatoms. The van der Waals surface area contributed by atoms with Gasteiger partial charge in [0, 0.05) is 18.6 Å². The lowest BCUT2D eigenvalue weighted by Crippen LogP contribution is -1.98. The first-order valence-electron chi connectivity index (χ1n) is 4.51. The lowest BCUT2D eigenvalue weighted by atomic mass is 10.4. The summed E-state index contributed by atoms with van der Waals surface area (Å²) in [7, 11) is 0. The van der Waals surface area contributed by atoms with Crippen LogP contribution in [0.3, 0.4) is 0 Å². The number of rotatable bonds is 2. The van der Waals surface area contributed by atoms with Crippen LogP contribution in [0.15, 0.2) is 24.7 Å². The maximum absolute atomic E-state index is 8.92. The lowest BCUT2D eigenvalue weighted by molar-refractivity contribution is 0.277. The van der Waals surface area contributed by atoms with Crippen molar-refractivity contribution in [1.29, 1.82) is 0 Å². The molecule has 2 rings (SSSR count). The molecule has 0 radical (unpaired) electrons. The Hall–Kier alpha value is -1.88. The van der Waals surface area contributed by atoms with Crippen molar-refractivity contribution in [3.8, 4) is 11.6 Å². The van der Waals surface area contributed by atoms with Crippen molar-refractivity contribution >= 4 is 0 Å². The van der Waals surface area contributed by atoms with Gasteiger partial charge in [-0.1, -0.05) is 0 Å². The summed E-state index contributed by atoms with van der Waals surface area (Å²) in [5.74, 6) is 0.900. The van der Waals surface area contributed by atoms with Gasteiger partial charge in [0.1, 0.15) is 0 Å². The average molecular weight is 202 g/mol. The molecule has 0 aliphatic rings. The number of aliphatic hydroxyl groups is 1. The second-order valence-electron chi connectivity index (χ2n) is 3.11. The van der Waals surface area contributed by atoms with Crippen LogP contribution in [0, 0.1) is 6.92 Å². The van der Waals surface area contributed by atoms with Crippen LogP contribution >= 0.6 is 0 Å². The quantitative estimate of drug-likeness (QED) is 0.777. The summed E-state index contributed by atoms with van der Waals surface area (Å²) in [4.78, 5) is 16.4. The highest BCUT2D eigenvalue weighted by Crippen LogP contribution is 2.08. The molecular formula is C10H10N4O. The summed E-state index contributed by atoms with van der Waals surface area (Å²) in [6.07, 6.45) is 4.99. The molecule has 0 saturated heterocycles. The minimum absolute atomic E-state index is 0.110. The van der Waals surface area contributed by atoms with Crippen LogP contribution in [0.1, 0.15) is 11.3 Å². The van der Waals surface area contributed by atoms with E-state index in [-0.39, 0.29) is 6.61 Å². The molecule has 0 atom stereocenters. The van der Waals surface area contributed by atoms with E-state index in [9.17, 15) is 0 Å². The van der Waals surface area contributed by atoms with E-state index in [0.717, 1.165) is 5.56 Å². The zero-order valence-electron chi connectivity index (χ0n) is 8.25. The molecule has 0 spiro atoms. The standard InChI is InChI=1S/C10H10N4O/c1-7-4-12-9(13-5-7)10-11-3-2-8(6-15)14-10/h2-5,15H,6H2,1H3. The van der Waals surface area contributed by atoms with Gasteiger partial charge in [0.15, 0.2) is 11.6 Å². The van der Waals surface area contributed by atoms with Crippen LogP contribution in [0.4, 0.5) is 0 Å². The first-order chi connectivity index (χ1) is 7.29. The Balaban J connectivity index is 2.40. The summed E-state index contributed by atoms with van der Waals surface area (Å²) in [6, 6.07) is 1.65. The predicted octanol–water partition coefficient (Wildman–Crippen LogP) is 0.734. The third-order valence-corrected chi connectivity index (χ3v) is 1.86. The molecule has 0 aromatic carbocycles. The van der Waals surface area contributed by atoms with E-state index < -0.39 is 0 Å². The Labute approximate surface area is 86.9 Å². The van der Waals surface area contributed by atoms with Crippen molar-refractivity contribution in [2.45, 2.75) is 13.5 Å². The molecule has 0 aliphatic heterocycles. The number of aliphatic hydroxyl groups excluding tert-OH is 1. The van der Waals surface area contributed by atoms with Crippen molar-refractivity contribution in [2.75, 3.05) is 0 Å². The molecular weight excluding hydrogens is 192 g/mol. The number of aryl methyl sites for hydroxylation is 1. The molecule has 2 aromatic rings. The van der Waals surface area contributed by atoms with E-state index in [1.54, 1.807) is 24.7 Å². The molecule has 2 aromatic heterocycles. The Bertz CT molecular complexity index is 455. The van der Waals surface area contributed by atoms with E-state index in [1.807, 2.05) is 6.92 Å². The monoisotopic (exact) mass is 202 g/mol. The van der Waals surface area contributed by atoms with Gasteiger partial charge in [0.2, 0.25) is 0 Å². The molecule has 1 N–H and O–H groups in total. The van der Waals surface area contributed by atoms with Gasteiger partial charge >= 0.3 is 0 Å². The van der Waals surface area contributed by atoms with Gasteiger partial charge < -0.3 is 5.11 Å². The van der Waals surface area contributed by atoms with Crippen LogP contribution in [0.25, 0.3) is 11.6 Å². The van der Waals surface area contributed by atoms with E-state index in [4.69, 9.17) is 5.11 Å². The molecule has 0 saturated carbocycles. The predicted molar refractivity (Wildman–Crippen MR) is 53.7 cm³/mol. The van der Waals surface area contributed by atoms with Gasteiger partial charge in [-0.25, -0.2) is 19.9 Å². The van der Waals surface area contributed by atoms with Gasteiger partial charge in [-0.3, -0.25) is 0 Å². The summed E-state index contributed by atoms with van der Waals surface area (Å²) >= 11 is 0. The molecule has 0 bridgehead atoms. The van der Waals surface area contributed by atoms with Crippen molar-refractivity contribution in [2.24, 2.45) is 0 Å². The van der Waals surface area contributed by atoms with E-state index >= 15 is 0 Å². The Kier molecular flexibility index (Phi) is 2.64. The average Bonchev–Trinajstić information content (AvgIpc) is 2.30. The van der Waals surface area contributed by atoms with E-state index in [1.165, 1.54) is 0 Å². The molecule has 15 heavy (non-hydrogen) atoms. The third kappa shape index (κ3) is 2.13. The van der Waals surface area contributed by atoms with Crippen LogP contribution in [-0.2, 0) is 6.61 Å². The highest BCUT2D eigenvalue weighted by molar-refractivity contribution is 5.42. The Morgan fingerprint density at radius 2 is 1.87 bits per heavy atom. The number of aromatic nitrogens is 4. The number of hydrogen-bond donors (Lipinski definition) is 1. The zero-order chi connectivity index (χ0) is 10.7. The van der Waals surface area contributed by atoms with Crippen molar-refractivity contribution in [3.63, 3.8) is 0 Å². The SMILES string of the molecule is Cc1cnc(-c2nccc(CO)n2)nc1. The number of nitrogens with zero attached hydrogens (tertiary/aromatic N) is 4. The number of hydrogen-bond acceptors (Lipinski definition) is 5. The molecule has 0 amide bonds. The summed E-state index contributed by atoms with van der Waals surface area (Å²) in [6.45, 7) is 1.80. The topological polar surface area (TPSA) is 71.8 Å². The van der Waals surface area contributed by atoms with Gasteiger partial charge in [-0.2, -0.15) is 0 Å². The minimum Gasteiger partial charge on any atom is -0.390 e. The zero-order valence-corrected chi connectivity index (χ0v) is 8.25. The molecule has 0 unspecified atom stereocenters. The second-order valence-corrected chi connectivity index (χ2v) is 3.11. The highest BCUT2D eigenvalue weighted by Gasteiger charge is 2.04. The maximum Gasteiger partial charge on any atom is 0.198 e. The largest absolute Gasteiger partial charge is 0.390 e. The van der Waals surface area contributed by atoms with Crippen LogP contribution in [0.5, 0.6) is 0 Å².